The van der Waals surface area contributed by atoms with Crippen LogP contribution in [0.1, 0.15) is 71.6 Å². The zero-order valence-corrected chi connectivity index (χ0v) is 16.2. The van der Waals surface area contributed by atoms with E-state index in [1.54, 1.807) is 12.3 Å². The molecule has 1 aromatic carbocycles. The fourth-order valence-corrected chi connectivity index (χ4v) is 4.01. The van der Waals surface area contributed by atoms with Crippen molar-refractivity contribution in [1.29, 1.82) is 5.26 Å². The third-order valence-corrected chi connectivity index (χ3v) is 5.78. The number of carbonyl (C=O) groups is 1. The maximum absolute atomic E-state index is 13.1. The first-order chi connectivity index (χ1) is 14.3. The van der Waals surface area contributed by atoms with Crippen LogP contribution in [-0.4, -0.2) is 28.2 Å². The number of nitrogens with one attached hydrogen (secondary N) is 3. The molecule has 6 nitrogen and oxygen atoms in total. The molecule has 1 aromatic heterocycles. The number of H-pyrrole nitrogens is 1. The number of nitrogens with zero attached hydrogens (tertiary/aromatic N) is 2. The molecule has 2 fully saturated rings. The van der Waals surface area contributed by atoms with E-state index in [-0.39, 0.29) is 23.6 Å². The predicted molar refractivity (Wildman–Crippen MR) is 104 cm³/mol. The van der Waals surface area contributed by atoms with E-state index in [2.05, 4.69) is 20.8 Å². The molecule has 9 heteroatoms. The van der Waals surface area contributed by atoms with Gasteiger partial charge in [0.1, 0.15) is 0 Å². The normalized spacial score (nSPS) is 21.7. The molecule has 158 valence electrons. The van der Waals surface area contributed by atoms with Gasteiger partial charge in [-0.05, 0) is 56.7 Å². The summed E-state index contributed by atoms with van der Waals surface area (Å²) in [5, 5.41) is 22.0. The fourth-order valence-electron chi connectivity index (χ4n) is 4.01. The molecule has 30 heavy (non-hydrogen) atoms. The van der Waals surface area contributed by atoms with Gasteiger partial charge in [-0.15, -0.1) is 0 Å². The Hall–Kier alpha value is -3.02. The summed E-state index contributed by atoms with van der Waals surface area (Å²) in [4.78, 5) is 12.6. The molecular formula is C21H22F3N5O. The summed E-state index contributed by atoms with van der Waals surface area (Å²) in [6.07, 6.45) is 2.08. The van der Waals surface area contributed by atoms with Crippen LogP contribution < -0.4 is 10.6 Å². The molecule has 1 heterocycles. The molecule has 2 aliphatic carbocycles. The van der Waals surface area contributed by atoms with Crippen molar-refractivity contribution in [3.63, 3.8) is 0 Å². The number of hydrogen-bond acceptors (Lipinski definition) is 4. The maximum Gasteiger partial charge on any atom is 0.417 e. The van der Waals surface area contributed by atoms with E-state index in [0.29, 0.717) is 17.2 Å². The van der Waals surface area contributed by atoms with Crippen LogP contribution in [0.15, 0.2) is 24.4 Å². The first-order valence-electron chi connectivity index (χ1n) is 10.1. The monoisotopic (exact) mass is 417 g/mol. The summed E-state index contributed by atoms with van der Waals surface area (Å²) in [5.74, 6) is 0.283. The largest absolute Gasteiger partial charge is 0.417 e. The third kappa shape index (κ3) is 4.42. The molecule has 0 aliphatic heterocycles. The molecule has 0 radical (unpaired) electrons. The van der Waals surface area contributed by atoms with E-state index in [9.17, 15) is 18.0 Å². The highest BCUT2D eigenvalue weighted by molar-refractivity contribution is 5.95. The molecule has 2 saturated carbocycles. The Bertz CT molecular complexity index is 966. The van der Waals surface area contributed by atoms with Crippen LogP contribution in [0.25, 0.3) is 0 Å². The average Bonchev–Trinajstić information content (AvgIpc) is 3.44. The molecule has 0 unspecified atom stereocenters. The van der Waals surface area contributed by atoms with E-state index in [4.69, 9.17) is 5.26 Å². The average molecular weight is 417 g/mol. The number of halogens is 3. The van der Waals surface area contributed by atoms with Crippen LogP contribution in [0.4, 0.5) is 18.9 Å². The summed E-state index contributed by atoms with van der Waals surface area (Å²) in [6, 6.07) is 5.32. The molecule has 0 atom stereocenters. The first kappa shape index (κ1) is 20.3. The Morgan fingerprint density at radius 1 is 1.13 bits per heavy atom. The summed E-state index contributed by atoms with van der Waals surface area (Å²) in [6.45, 7) is 0. The number of rotatable bonds is 5. The van der Waals surface area contributed by atoms with Crippen molar-refractivity contribution in [3.8, 4) is 6.07 Å². The number of alkyl halides is 3. The minimum atomic E-state index is -4.57. The lowest BCUT2D eigenvalue weighted by Crippen LogP contribution is -2.40. The van der Waals surface area contributed by atoms with Gasteiger partial charge in [-0.3, -0.25) is 9.89 Å². The molecule has 2 aliphatic rings. The van der Waals surface area contributed by atoms with Crippen LogP contribution in [0, 0.1) is 11.3 Å². The molecule has 1 amide bonds. The highest BCUT2D eigenvalue weighted by Crippen LogP contribution is 2.40. The second-order valence-corrected chi connectivity index (χ2v) is 8.01. The van der Waals surface area contributed by atoms with Gasteiger partial charge in [-0.1, -0.05) is 0 Å². The van der Waals surface area contributed by atoms with Crippen LogP contribution in [-0.2, 0) is 6.18 Å². The SMILES string of the molecule is N#Cc1ccc(NC2CCC(NC(=O)c3cn[nH]c3C3CC3)CC2)cc1C(F)(F)F. The number of aromatic amines is 1. The smallest absolute Gasteiger partial charge is 0.382 e. The number of nitriles is 1. The molecule has 0 bridgehead atoms. The van der Waals surface area contributed by atoms with Crippen molar-refractivity contribution >= 4 is 11.6 Å². The minimum Gasteiger partial charge on any atom is -0.382 e. The Morgan fingerprint density at radius 2 is 1.83 bits per heavy atom. The zero-order chi connectivity index (χ0) is 21.3. The van der Waals surface area contributed by atoms with Crippen molar-refractivity contribution in [2.45, 2.75) is 62.7 Å². The summed E-state index contributed by atoms with van der Waals surface area (Å²) >= 11 is 0. The number of benzene rings is 1. The van der Waals surface area contributed by atoms with Gasteiger partial charge in [0.15, 0.2) is 0 Å². The highest BCUT2D eigenvalue weighted by atomic mass is 19.4. The van der Waals surface area contributed by atoms with Crippen molar-refractivity contribution in [3.05, 3.63) is 46.8 Å². The van der Waals surface area contributed by atoms with Crippen LogP contribution >= 0.6 is 0 Å². The molecule has 4 rings (SSSR count). The quantitative estimate of drug-likeness (QED) is 0.675. The standard InChI is InChI=1S/C21H22F3N5O/c22-21(23,24)18-9-16(4-3-13(18)10-25)27-14-5-7-15(8-6-14)28-20(30)17-11-26-29-19(17)12-1-2-12/h3-4,9,11-12,14-15,27H,1-2,5-8H2,(H,26,29)(H,28,30). The van der Waals surface area contributed by atoms with Gasteiger partial charge in [-0.25, -0.2) is 0 Å². The van der Waals surface area contributed by atoms with Crippen molar-refractivity contribution in [1.82, 2.24) is 15.5 Å². The fraction of sp³-hybridized carbons (Fsp3) is 0.476. The van der Waals surface area contributed by atoms with Gasteiger partial charge in [0.2, 0.25) is 0 Å². The minimum absolute atomic E-state index is 0.0168. The van der Waals surface area contributed by atoms with Crippen LogP contribution in [0.3, 0.4) is 0 Å². The molecule has 0 saturated heterocycles. The van der Waals surface area contributed by atoms with E-state index < -0.39 is 11.7 Å². The number of anilines is 1. The second kappa shape index (κ2) is 8.01. The number of aromatic nitrogens is 2. The lowest BCUT2D eigenvalue weighted by molar-refractivity contribution is -0.137. The van der Waals surface area contributed by atoms with Gasteiger partial charge in [0.05, 0.1) is 34.7 Å². The Kier molecular flexibility index (Phi) is 5.41. The molecule has 3 N–H and O–H groups in total. The number of amides is 1. The molecule has 2 aromatic rings. The van der Waals surface area contributed by atoms with Gasteiger partial charge >= 0.3 is 6.18 Å². The van der Waals surface area contributed by atoms with Crippen molar-refractivity contribution in [2.75, 3.05) is 5.32 Å². The van der Waals surface area contributed by atoms with Gasteiger partial charge in [-0.2, -0.15) is 23.5 Å². The van der Waals surface area contributed by atoms with E-state index in [0.717, 1.165) is 50.3 Å². The van der Waals surface area contributed by atoms with E-state index in [1.165, 1.54) is 12.1 Å². The summed E-state index contributed by atoms with van der Waals surface area (Å²) < 4.78 is 39.4. The topological polar surface area (TPSA) is 93.6 Å². The lowest BCUT2D eigenvalue weighted by atomic mass is 9.90. The van der Waals surface area contributed by atoms with E-state index in [1.807, 2.05) is 0 Å². The summed E-state index contributed by atoms with van der Waals surface area (Å²) in [7, 11) is 0. The van der Waals surface area contributed by atoms with Crippen molar-refractivity contribution in [2.24, 2.45) is 0 Å². The van der Waals surface area contributed by atoms with Gasteiger partial charge in [0.25, 0.3) is 5.91 Å². The molecule has 0 spiro atoms. The molecular weight excluding hydrogens is 395 g/mol. The van der Waals surface area contributed by atoms with Crippen molar-refractivity contribution < 1.29 is 18.0 Å². The number of carbonyl (C=O) groups excluding carboxylic acids is 1. The first-order valence-corrected chi connectivity index (χ1v) is 10.1. The van der Waals surface area contributed by atoms with Gasteiger partial charge < -0.3 is 10.6 Å². The number of hydrogen-bond donors (Lipinski definition) is 3. The van der Waals surface area contributed by atoms with Crippen LogP contribution in [0.5, 0.6) is 0 Å². The maximum atomic E-state index is 13.1. The third-order valence-electron chi connectivity index (χ3n) is 5.78. The Balaban J connectivity index is 1.32. The Morgan fingerprint density at radius 3 is 2.47 bits per heavy atom. The second-order valence-electron chi connectivity index (χ2n) is 8.01. The zero-order valence-electron chi connectivity index (χ0n) is 16.2. The Labute approximate surface area is 171 Å². The lowest BCUT2D eigenvalue weighted by Gasteiger charge is -2.30. The van der Waals surface area contributed by atoms with Crippen LogP contribution in [0.2, 0.25) is 0 Å². The predicted octanol–water partition coefficient (Wildman–Crippen LogP) is 4.33. The summed E-state index contributed by atoms with van der Waals surface area (Å²) in [5.41, 5.74) is 0.548. The van der Waals surface area contributed by atoms with E-state index >= 15 is 0 Å². The highest BCUT2D eigenvalue weighted by Gasteiger charge is 2.34. The van der Waals surface area contributed by atoms with Gasteiger partial charge in [0, 0.05) is 23.7 Å².